The lowest BCUT2D eigenvalue weighted by Crippen LogP contribution is -2.08. The second-order valence-electron chi connectivity index (χ2n) is 5.31. The number of aromatic nitrogens is 2. The Morgan fingerprint density at radius 3 is 2.75 bits per heavy atom. The highest BCUT2D eigenvalue weighted by Crippen LogP contribution is 2.25. The Hall–Kier alpha value is -2.13. The molecule has 2 aromatic carbocycles. The van der Waals surface area contributed by atoms with Crippen LogP contribution in [0.5, 0.6) is 0 Å². The maximum Gasteiger partial charge on any atom is 0.138 e. The van der Waals surface area contributed by atoms with Gasteiger partial charge in [0.15, 0.2) is 0 Å². The number of nitrogens with zero attached hydrogens (tertiary/aromatic N) is 1. The van der Waals surface area contributed by atoms with Gasteiger partial charge in [-0.1, -0.05) is 37.3 Å². The van der Waals surface area contributed by atoms with Crippen molar-refractivity contribution >= 4 is 11.0 Å². The van der Waals surface area contributed by atoms with Crippen molar-refractivity contribution in [2.24, 2.45) is 5.73 Å². The van der Waals surface area contributed by atoms with E-state index in [0.717, 1.165) is 22.4 Å². The first-order chi connectivity index (χ1) is 9.69. The smallest absolute Gasteiger partial charge is 0.138 e. The molecule has 1 atom stereocenters. The molecule has 1 heterocycles. The molecule has 0 aliphatic carbocycles. The summed E-state index contributed by atoms with van der Waals surface area (Å²) in [6.07, 6.45) is 0. The van der Waals surface area contributed by atoms with Gasteiger partial charge in [-0.25, -0.2) is 4.98 Å². The van der Waals surface area contributed by atoms with Crippen LogP contribution in [0.2, 0.25) is 0 Å². The van der Waals surface area contributed by atoms with Crippen molar-refractivity contribution in [3.05, 3.63) is 53.6 Å². The van der Waals surface area contributed by atoms with E-state index in [1.54, 1.807) is 0 Å². The zero-order valence-electron chi connectivity index (χ0n) is 11.9. The molecule has 3 heteroatoms. The van der Waals surface area contributed by atoms with Gasteiger partial charge in [-0.3, -0.25) is 0 Å². The normalized spacial score (nSPS) is 12.8. The molecule has 1 unspecified atom stereocenters. The van der Waals surface area contributed by atoms with Crippen molar-refractivity contribution in [2.75, 3.05) is 6.54 Å². The molecular formula is C17H19N3. The molecule has 102 valence electrons. The summed E-state index contributed by atoms with van der Waals surface area (Å²) >= 11 is 0. The van der Waals surface area contributed by atoms with Crippen molar-refractivity contribution in [1.29, 1.82) is 0 Å². The topological polar surface area (TPSA) is 54.7 Å². The van der Waals surface area contributed by atoms with Gasteiger partial charge in [-0.15, -0.1) is 0 Å². The van der Waals surface area contributed by atoms with Crippen molar-refractivity contribution in [3.8, 4) is 11.4 Å². The molecule has 0 radical (unpaired) electrons. The number of nitrogens with one attached hydrogen (secondary N) is 1. The molecule has 0 amide bonds. The number of nitrogens with two attached hydrogens (primary N) is 1. The number of H-pyrrole nitrogens is 1. The third kappa shape index (κ3) is 2.21. The zero-order chi connectivity index (χ0) is 14.1. The molecule has 3 rings (SSSR count). The lowest BCUT2D eigenvalue weighted by atomic mass is 10.0. The zero-order valence-corrected chi connectivity index (χ0v) is 11.9. The Kier molecular flexibility index (Phi) is 3.28. The van der Waals surface area contributed by atoms with E-state index in [2.05, 4.69) is 54.1 Å². The number of imidazole rings is 1. The second-order valence-corrected chi connectivity index (χ2v) is 5.31. The van der Waals surface area contributed by atoms with E-state index in [9.17, 15) is 0 Å². The molecule has 3 aromatic rings. The van der Waals surface area contributed by atoms with Crippen LogP contribution in [-0.2, 0) is 0 Å². The predicted octanol–water partition coefficient (Wildman–Crippen LogP) is 3.60. The molecular weight excluding hydrogens is 246 g/mol. The highest BCUT2D eigenvalue weighted by atomic mass is 14.9. The molecule has 0 aliphatic heterocycles. The van der Waals surface area contributed by atoms with Gasteiger partial charge in [0, 0.05) is 5.56 Å². The summed E-state index contributed by atoms with van der Waals surface area (Å²) in [5, 5.41) is 0. The van der Waals surface area contributed by atoms with Gasteiger partial charge in [-0.05, 0) is 42.6 Å². The Labute approximate surface area is 118 Å². The molecule has 0 saturated carbocycles. The van der Waals surface area contributed by atoms with Crippen LogP contribution in [0.15, 0.2) is 42.5 Å². The van der Waals surface area contributed by atoms with Crippen LogP contribution in [0.4, 0.5) is 0 Å². The number of fused-ring (bicyclic) bond motifs is 1. The number of benzene rings is 2. The summed E-state index contributed by atoms with van der Waals surface area (Å²) in [7, 11) is 0. The lowest BCUT2D eigenvalue weighted by Gasteiger charge is -2.07. The molecule has 3 N–H and O–H groups in total. The average molecular weight is 265 g/mol. The van der Waals surface area contributed by atoms with Crippen LogP contribution < -0.4 is 5.73 Å². The summed E-state index contributed by atoms with van der Waals surface area (Å²) in [4.78, 5) is 8.10. The minimum atomic E-state index is 0.365. The van der Waals surface area contributed by atoms with E-state index in [-0.39, 0.29) is 0 Å². The van der Waals surface area contributed by atoms with Gasteiger partial charge >= 0.3 is 0 Å². The molecule has 0 fully saturated rings. The second kappa shape index (κ2) is 5.10. The maximum atomic E-state index is 5.74. The van der Waals surface area contributed by atoms with Gasteiger partial charge in [0.1, 0.15) is 5.82 Å². The monoisotopic (exact) mass is 265 g/mol. The first kappa shape index (κ1) is 12.9. The van der Waals surface area contributed by atoms with Crippen molar-refractivity contribution in [1.82, 2.24) is 9.97 Å². The summed E-state index contributed by atoms with van der Waals surface area (Å²) in [5.41, 5.74) is 11.4. The largest absolute Gasteiger partial charge is 0.338 e. The van der Waals surface area contributed by atoms with Crippen LogP contribution in [0.1, 0.15) is 24.0 Å². The van der Waals surface area contributed by atoms with Crippen LogP contribution >= 0.6 is 0 Å². The standard InChI is InChI=1S/C17H19N3/c1-11-5-3-4-6-14(11)17-19-15-8-7-13(12(2)10-18)9-16(15)20-17/h3-9,12H,10,18H2,1-2H3,(H,19,20). The first-order valence-electron chi connectivity index (χ1n) is 6.95. The summed E-state index contributed by atoms with van der Waals surface area (Å²) in [6.45, 7) is 4.90. The van der Waals surface area contributed by atoms with Crippen LogP contribution in [0, 0.1) is 6.92 Å². The Morgan fingerprint density at radius 2 is 2.00 bits per heavy atom. The van der Waals surface area contributed by atoms with Gasteiger partial charge in [0.2, 0.25) is 0 Å². The highest BCUT2D eigenvalue weighted by molar-refractivity contribution is 5.80. The fraction of sp³-hybridized carbons (Fsp3) is 0.235. The summed E-state index contributed by atoms with van der Waals surface area (Å²) in [5.74, 6) is 1.29. The summed E-state index contributed by atoms with van der Waals surface area (Å²) in [6, 6.07) is 14.6. The van der Waals surface area contributed by atoms with Gasteiger partial charge in [-0.2, -0.15) is 0 Å². The third-order valence-corrected chi connectivity index (χ3v) is 3.83. The van der Waals surface area contributed by atoms with Crippen LogP contribution in [-0.4, -0.2) is 16.5 Å². The van der Waals surface area contributed by atoms with Crippen molar-refractivity contribution in [3.63, 3.8) is 0 Å². The summed E-state index contributed by atoms with van der Waals surface area (Å²) < 4.78 is 0. The number of rotatable bonds is 3. The van der Waals surface area contributed by atoms with E-state index >= 15 is 0 Å². The molecule has 0 bridgehead atoms. The van der Waals surface area contributed by atoms with E-state index in [1.807, 2.05) is 12.1 Å². The Morgan fingerprint density at radius 1 is 1.20 bits per heavy atom. The average Bonchev–Trinajstić information content (AvgIpc) is 2.89. The SMILES string of the molecule is Cc1ccccc1-c1nc2ccc(C(C)CN)cc2[nH]1. The van der Waals surface area contributed by atoms with E-state index in [4.69, 9.17) is 5.73 Å². The number of aryl methyl sites for hydroxylation is 1. The molecule has 0 aliphatic rings. The molecule has 3 nitrogen and oxygen atoms in total. The highest BCUT2D eigenvalue weighted by Gasteiger charge is 2.09. The van der Waals surface area contributed by atoms with Crippen molar-refractivity contribution in [2.45, 2.75) is 19.8 Å². The molecule has 0 saturated heterocycles. The number of hydrogen-bond acceptors (Lipinski definition) is 2. The quantitative estimate of drug-likeness (QED) is 0.760. The van der Waals surface area contributed by atoms with Crippen LogP contribution in [0.3, 0.4) is 0 Å². The van der Waals surface area contributed by atoms with Crippen molar-refractivity contribution < 1.29 is 0 Å². The van der Waals surface area contributed by atoms with Gasteiger partial charge in [0.05, 0.1) is 11.0 Å². The number of aromatic amines is 1. The third-order valence-electron chi connectivity index (χ3n) is 3.83. The maximum absolute atomic E-state index is 5.74. The van der Waals surface area contributed by atoms with Gasteiger partial charge < -0.3 is 10.7 Å². The minimum absolute atomic E-state index is 0.365. The van der Waals surface area contributed by atoms with E-state index < -0.39 is 0 Å². The van der Waals surface area contributed by atoms with E-state index in [1.165, 1.54) is 11.1 Å². The Balaban J connectivity index is 2.09. The fourth-order valence-corrected chi connectivity index (χ4v) is 2.44. The minimum Gasteiger partial charge on any atom is -0.338 e. The molecule has 20 heavy (non-hydrogen) atoms. The number of hydrogen-bond donors (Lipinski definition) is 2. The molecule has 1 aromatic heterocycles. The molecule has 0 spiro atoms. The Bertz CT molecular complexity index is 743. The first-order valence-corrected chi connectivity index (χ1v) is 6.95. The van der Waals surface area contributed by atoms with Gasteiger partial charge in [0.25, 0.3) is 0 Å². The fourth-order valence-electron chi connectivity index (χ4n) is 2.44. The lowest BCUT2D eigenvalue weighted by molar-refractivity contribution is 0.775. The van der Waals surface area contributed by atoms with E-state index in [0.29, 0.717) is 12.5 Å². The van der Waals surface area contributed by atoms with Crippen LogP contribution in [0.25, 0.3) is 22.4 Å². The predicted molar refractivity (Wildman–Crippen MR) is 83.7 cm³/mol.